The van der Waals surface area contributed by atoms with E-state index in [1.807, 2.05) is 6.92 Å². The quantitative estimate of drug-likeness (QED) is 0.770. The van der Waals surface area contributed by atoms with Crippen LogP contribution in [0, 0.1) is 5.82 Å². The van der Waals surface area contributed by atoms with Gasteiger partial charge in [-0.15, -0.1) is 0 Å². The maximum atomic E-state index is 13.4. The van der Waals surface area contributed by atoms with Crippen molar-refractivity contribution in [2.75, 3.05) is 13.1 Å². The van der Waals surface area contributed by atoms with Gasteiger partial charge in [-0.1, -0.05) is 32.4 Å². The summed E-state index contributed by atoms with van der Waals surface area (Å²) in [4.78, 5) is 0. The van der Waals surface area contributed by atoms with Crippen LogP contribution in [0.2, 0.25) is 0 Å². The molecule has 16 heavy (non-hydrogen) atoms. The van der Waals surface area contributed by atoms with Crippen molar-refractivity contribution < 1.29 is 9.13 Å². The highest BCUT2D eigenvalue weighted by Crippen LogP contribution is 2.18. The number of hydrogen-bond acceptors (Lipinski definition) is 2. The first-order valence-corrected chi connectivity index (χ1v) is 5.89. The van der Waals surface area contributed by atoms with E-state index in [4.69, 9.17) is 4.74 Å². The second kappa shape index (κ2) is 7.23. The van der Waals surface area contributed by atoms with Crippen LogP contribution in [0.25, 0.3) is 0 Å². The summed E-state index contributed by atoms with van der Waals surface area (Å²) in [6, 6.07) is 6.55. The number of ether oxygens (including phenoxy) is 1. The summed E-state index contributed by atoms with van der Waals surface area (Å²) in [7, 11) is 0. The summed E-state index contributed by atoms with van der Waals surface area (Å²) < 4.78 is 19.0. The lowest BCUT2D eigenvalue weighted by atomic mass is 10.2. The fraction of sp³-hybridized carbons (Fsp3) is 0.538. The van der Waals surface area contributed by atoms with Crippen LogP contribution < -0.4 is 10.1 Å². The Labute approximate surface area is 96.8 Å². The largest absolute Gasteiger partial charge is 0.486 e. The predicted molar refractivity (Wildman–Crippen MR) is 64.3 cm³/mol. The lowest BCUT2D eigenvalue weighted by molar-refractivity contribution is 0.179. The third-order valence-corrected chi connectivity index (χ3v) is 2.36. The van der Waals surface area contributed by atoms with Gasteiger partial charge in [-0.25, -0.2) is 4.39 Å². The molecule has 0 heterocycles. The van der Waals surface area contributed by atoms with Gasteiger partial charge in [-0.2, -0.15) is 0 Å². The monoisotopic (exact) mass is 225 g/mol. The standard InChI is InChI=1S/C13H20FNO/c1-3-7-11(10-15-4-2)16-13-9-6-5-8-12(13)14/h5-6,8-9,11,15H,3-4,7,10H2,1-2H3. The van der Waals surface area contributed by atoms with Crippen molar-refractivity contribution in [1.82, 2.24) is 5.32 Å². The molecule has 0 bridgehead atoms. The third kappa shape index (κ3) is 4.19. The van der Waals surface area contributed by atoms with E-state index in [0.717, 1.165) is 25.9 Å². The molecule has 0 aliphatic heterocycles. The van der Waals surface area contributed by atoms with E-state index in [1.165, 1.54) is 6.07 Å². The predicted octanol–water partition coefficient (Wildman–Crippen LogP) is 2.98. The van der Waals surface area contributed by atoms with E-state index in [0.29, 0.717) is 5.75 Å². The molecule has 0 aromatic heterocycles. The number of rotatable bonds is 7. The van der Waals surface area contributed by atoms with Gasteiger partial charge in [-0.05, 0) is 25.1 Å². The molecule has 0 amide bonds. The Morgan fingerprint density at radius 2 is 2.06 bits per heavy atom. The number of nitrogens with one attached hydrogen (secondary N) is 1. The van der Waals surface area contributed by atoms with Crippen LogP contribution in [-0.4, -0.2) is 19.2 Å². The van der Waals surface area contributed by atoms with Gasteiger partial charge in [0.25, 0.3) is 0 Å². The highest BCUT2D eigenvalue weighted by molar-refractivity contribution is 5.23. The number of likely N-dealkylation sites (N-methyl/N-ethyl adjacent to an activating group) is 1. The number of halogens is 1. The van der Waals surface area contributed by atoms with Gasteiger partial charge in [0.05, 0.1) is 0 Å². The fourth-order valence-corrected chi connectivity index (χ4v) is 1.55. The number of hydrogen-bond donors (Lipinski definition) is 1. The third-order valence-electron chi connectivity index (χ3n) is 2.36. The summed E-state index contributed by atoms with van der Waals surface area (Å²) in [5, 5.41) is 3.23. The Morgan fingerprint density at radius 3 is 2.69 bits per heavy atom. The van der Waals surface area contributed by atoms with Crippen LogP contribution in [0.4, 0.5) is 4.39 Å². The van der Waals surface area contributed by atoms with Crippen molar-refractivity contribution in [2.45, 2.75) is 32.8 Å². The molecule has 1 aromatic rings. The second-order valence-electron chi connectivity index (χ2n) is 3.77. The summed E-state index contributed by atoms with van der Waals surface area (Å²) in [5.74, 6) is 0.0546. The molecule has 90 valence electrons. The molecule has 1 atom stereocenters. The summed E-state index contributed by atoms with van der Waals surface area (Å²) in [6.45, 7) is 5.81. The second-order valence-corrected chi connectivity index (χ2v) is 3.77. The Balaban J connectivity index is 2.56. The molecule has 1 rings (SSSR count). The molecule has 0 spiro atoms. The molecular formula is C13H20FNO. The van der Waals surface area contributed by atoms with Crippen LogP contribution in [-0.2, 0) is 0 Å². The molecule has 0 fully saturated rings. The zero-order valence-corrected chi connectivity index (χ0v) is 10.0. The fourth-order valence-electron chi connectivity index (χ4n) is 1.55. The summed E-state index contributed by atoms with van der Waals surface area (Å²) in [6.07, 6.45) is 2.01. The minimum Gasteiger partial charge on any atom is -0.486 e. The Bertz CT molecular complexity index is 304. The molecule has 0 saturated heterocycles. The minimum absolute atomic E-state index is 0.0434. The zero-order chi connectivity index (χ0) is 11.8. The van der Waals surface area contributed by atoms with Gasteiger partial charge in [-0.3, -0.25) is 0 Å². The van der Waals surface area contributed by atoms with E-state index in [9.17, 15) is 4.39 Å². The molecule has 3 heteroatoms. The van der Waals surface area contributed by atoms with Crippen molar-refractivity contribution in [3.05, 3.63) is 30.1 Å². The Morgan fingerprint density at radius 1 is 1.31 bits per heavy atom. The molecule has 0 saturated carbocycles. The van der Waals surface area contributed by atoms with Crippen LogP contribution >= 0.6 is 0 Å². The first-order valence-electron chi connectivity index (χ1n) is 5.89. The summed E-state index contributed by atoms with van der Waals surface area (Å²) >= 11 is 0. The maximum Gasteiger partial charge on any atom is 0.165 e. The van der Waals surface area contributed by atoms with E-state index in [1.54, 1.807) is 18.2 Å². The molecule has 0 aliphatic carbocycles. The molecule has 0 aliphatic rings. The molecular weight excluding hydrogens is 205 g/mol. The van der Waals surface area contributed by atoms with Gasteiger partial charge in [0, 0.05) is 6.54 Å². The van der Waals surface area contributed by atoms with Gasteiger partial charge in [0.2, 0.25) is 0 Å². The van der Waals surface area contributed by atoms with E-state index >= 15 is 0 Å². The average Bonchev–Trinajstić information content (AvgIpc) is 2.29. The molecule has 1 N–H and O–H groups in total. The topological polar surface area (TPSA) is 21.3 Å². The van der Waals surface area contributed by atoms with Crippen LogP contribution in [0.1, 0.15) is 26.7 Å². The van der Waals surface area contributed by atoms with Crippen molar-refractivity contribution >= 4 is 0 Å². The SMILES string of the molecule is CCCC(CNCC)Oc1ccccc1F. The zero-order valence-electron chi connectivity index (χ0n) is 10.0. The normalized spacial score (nSPS) is 12.4. The van der Waals surface area contributed by atoms with Crippen LogP contribution in [0.15, 0.2) is 24.3 Å². The first-order chi connectivity index (χ1) is 7.77. The van der Waals surface area contributed by atoms with Gasteiger partial charge in [0.15, 0.2) is 11.6 Å². The van der Waals surface area contributed by atoms with Gasteiger partial charge in [0.1, 0.15) is 6.10 Å². The van der Waals surface area contributed by atoms with Gasteiger partial charge < -0.3 is 10.1 Å². The Hall–Kier alpha value is -1.09. The average molecular weight is 225 g/mol. The smallest absolute Gasteiger partial charge is 0.165 e. The highest BCUT2D eigenvalue weighted by Gasteiger charge is 2.11. The van der Waals surface area contributed by atoms with Crippen molar-refractivity contribution in [1.29, 1.82) is 0 Å². The van der Waals surface area contributed by atoms with E-state index in [-0.39, 0.29) is 11.9 Å². The van der Waals surface area contributed by atoms with Crippen LogP contribution in [0.5, 0.6) is 5.75 Å². The molecule has 1 unspecified atom stereocenters. The lowest BCUT2D eigenvalue weighted by Gasteiger charge is -2.19. The molecule has 1 aromatic carbocycles. The van der Waals surface area contributed by atoms with Crippen molar-refractivity contribution in [2.24, 2.45) is 0 Å². The minimum atomic E-state index is -0.292. The van der Waals surface area contributed by atoms with Crippen molar-refractivity contribution in [3.63, 3.8) is 0 Å². The van der Waals surface area contributed by atoms with Crippen LogP contribution in [0.3, 0.4) is 0 Å². The number of benzene rings is 1. The maximum absolute atomic E-state index is 13.4. The van der Waals surface area contributed by atoms with Gasteiger partial charge >= 0.3 is 0 Å². The number of para-hydroxylation sites is 1. The Kier molecular flexibility index (Phi) is 5.86. The molecule has 0 radical (unpaired) electrons. The van der Waals surface area contributed by atoms with E-state index in [2.05, 4.69) is 12.2 Å². The van der Waals surface area contributed by atoms with E-state index < -0.39 is 0 Å². The first kappa shape index (κ1) is 13.0. The lowest BCUT2D eigenvalue weighted by Crippen LogP contribution is -2.31. The highest BCUT2D eigenvalue weighted by atomic mass is 19.1. The molecule has 2 nitrogen and oxygen atoms in total. The van der Waals surface area contributed by atoms with Crippen molar-refractivity contribution in [3.8, 4) is 5.75 Å². The summed E-state index contributed by atoms with van der Waals surface area (Å²) in [5.41, 5.74) is 0.